The van der Waals surface area contributed by atoms with Crippen LogP contribution in [0.5, 0.6) is 11.5 Å². The Morgan fingerprint density at radius 1 is 1.07 bits per heavy atom. The van der Waals surface area contributed by atoms with E-state index in [-0.39, 0.29) is 6.61 Å². The molecule has 0 saturated heterocycles. The van der Waals surface area contributed by atoms with Gasteiger partial charge >= 0.3 is 5.97 Å². The first kappa shape index (κ1) is 19.6. The fourth-order valence-electron chi connectivity index (χ4n) is 2.34. The predicted octanol–water partition coefficient (Wildman–Crippen LogP) is 1.55. The van der Waals surface area contributed by atoms with E-state index in [1.54, 1.807) is 60.3 Å². The Balaban J connectivity index is 1.41. The van der Waals surface area contributed by atoms with Crippen LogP contribution in [0.1, 0.15) is 10.4 Å². The normalized spacial score (nSPS) is 14.7. The number of esters is 1. The zero-order chi connectivity index (χ0) is 19.9. The van der Waals surface area contributed by atoms with Crippen LogP contribution in [-0.2, 0) is 14.3 Å². The molecule has 146 valence electrons. The van der Waals surface area contributed by atoms with Gasteiger partial charge in [-0.2, -0.15) is 0 Å². The summed E-state index contributed by atoms with van der Waals surface area (Å²) in [7, 11) is 0. The maximum atomic E-state index is 12.1. The second kappa shape index (κ2) is 9.14. The highest BCUT2D eigenvalue weighted by molar-refractivity contribution is 7.98. The van der Waals surface area contributed by atoms with Crippen LogP contribution in [-0.4, -0.2) is 43.4 Å². The summed E-state index contributed by atoms with van der Waals surface area (Å²) in [5, 5.41) is 0. The van der Waals surface area contributed by atoms with Gasteiger partial charge in [0.05, 0.1) is 5.56 Å². The Morgan fingerprint density at radius 3 is 2.50 bits per heavy atom. The van der Waals surface area contributed by atoms with Crippen LogP contribution < -0.4 is 20.3 Å². The number of ether oxygens (including phenoxy) is 3. The first-order valence-electron chi connectivity index (χ1n) is 8.35. The van der Waals surface area contributed by atoms with Crippen LogP contribution in [0.2, 0.25) is 0 Å². The van der Waals surface area contributed by atoms with Crippen molar-refractivity contribution in [2.24, 2.45) is 0 Å². The summed E-state index contributed by atoms with van der Waals surface area (Å²) in [6.45, 7) is -0.520. The van der Waals surface area contributed by atoms with E-state index < -0.39 is 30.5 Å². The first-order valence-corrected chi connectivity index (χ1v) is 9.57. The zero-order valence-electron chi connectivity index (χ0n) is 15.0. The fourth-order valence-corrected chi connectivity index (χ4v) is 2.75. The second-order valence-electron chi connectivity index (χ2n) is 5.71. The number of benzene rings is 2. The lowest BCUT2D eigenvalue weighted by atomic mass is 10.2. The van der Waals surface area contributed by atoms with Crippen molar-refractivity contribution >= 4 is 29.5 Å². The maximum Gasteiger partial charge on any atom is 0.338 e. The van der Waals surface area contributed by atoms with Crippen molar-refractivity contribution < 1.29 is 28.6 Å². The van der Waals surface area contributed by atoms with Gasteiger partial charge in [0.2, 0.25) is 6.10 Å². The number of carbonyl (C=O) groups excluding carboxylic acids is 3. The van der Waals surface area contributed by atoms with Crippen molar-refractivity contribution in [3.8, 4) is 11.5 Å². The monoisotopic (exact) mass is 402 g/mol. The molecule has 0 bridgehead atoms. The largest absolute Gasteiger partial charge is 0.485 e. The molecule has 1 heterocycles. The highest BCUT2D eigenvalue weighted by atomic mass is 32.2. The van der Waals surface area contributed by atoms with Crippen molar-refractivity contribution in [3.05, 3.63) is 54.1 Å². The van der Waals surface area contributed by atoms with Gasteiger partial charge in [0.15, 0.2) is 18.1 Å². The Morgan fingerprint density at radius 2 is 1.79 bits per heavy atom. The number of para-hydroxylation sites is 2. The van der Waals surface area contributed by atoms with Crippen molar-refractivity contribution in [1.82, 2.24) is 10.9 Å². The maximum absolute atomic E-state index is 12.1. The van der Waals surface area contributed by atoms with Crippen molar-refractivity contribution in [2.45, 2.75) is 11.0 Å². The highest BCUT2D eigenvalue weighted by Crippen LogP contribution is 2.30. The molecule has 2 aromatic rings. The molecule has 0 radical (unpaired) electrons. The third kappa shape index (κ3) is 4.95. The molecule has 0 fully saturated rings. The number of amides is 2. The summed E-state index contributed by atoms with van der Waals surface area (Å²) in [4.78, 5) is 36.8. The lowest BCUT2D eigenvalue weighted by molar-refractivity contribution is -0.135. The lowest BCUT2D eigenvalue weighted by Crippen LogP contribution is -2.51. The molecule has 0 aromatic heterocycles. The Hall–Kier alpha value is -3.20. The van der Waals surface area contributed by atoms with Gasteiger partial charge in [-0.15, -0.1) is 11.8 Å². The molecule has 2 amide bonds. The molecule has 1 atom stereocenters. The highest BCUT2D eigenvalue weighted by Gasteiger charge is 2.27. The SMILES string of the molecule is CSc1ccc(C(=O)OCC(=O)NNC(=O)[C@H]2COc3ccccc3O2)cc1. The first-order chi connectivity index (χ1) is 13.6. The van der Waals surface area contributed by atoms with E-state index in [1.807, 2.05) is 6.26 Å². The van der Waals surface area contributed by atoms with Crippen LogP contribution >= 0.6 is 11.8 Å². The second-order valence-corrected chi connectivity index (χ2v) is 6.59. The van der Waals surface area contributed by atoms with Crippen LogP contribution in [0.4, 0.5) is 0 Å². The summed E-state index contributed by atoms with van der Waals surface area (Å²) in [6.07, 6.45) is 1.02. The molecule has 3 rings (SSSR count). The van der Waals surface area contributed by atoms with Crippen molar-refractivity contribution in [1.29, 1.82) is 0 Å². The number of fused-ring (bicyclic) bond motifs is 1. The number of thioether (sulfide) groups is 1. The molecule has 9 heteroatoms. The number of nitrogens with one attached hydrogen (secondary N) is 2. The van der Waals surface area contributed by atoms with Crippen LogP contribution in [0.3, 0.4) is 0 Å². The van der Waals surface area contributed by atoms with E-state index in [0.717, 1.165) is 4.90 Å². The Kier molecular flexibility index (Phi) is 6.38. The van der Waals surface area contributed by atoms with E-state index in [1.165, 1.54) is 0 Å². The van der Waals surface area contributed by atoms with E-state index in [4.69, 9.17) is 14.2 Å². The van der Waals surface area contributed by atoms with Crippen LogP contribution in [0, 0.1) is 0 Å². The lowest BCUT2D eigenvalue weighted by Gasteiger charge is -2.25. The number of hydrogen-bond acceptors (Lipinski definition) is 7. The molecular formula is C19H18N2O6S. The molecule has 0 aliphatic carbocycles. The molecule has 0 saturated carbocycles. The molecule has 1 aliphatic heterocycles. The van der Waals surface area contributed by atoms with Gasteiger partial charge in [-0.05, 0) is 42.7 Å². The summed E-state index contributed by atoms with van der Waals surface area (Å²) in [6, 6.07) is 13.8. The zero-order valence-corrected chi connectivity index (χ0v) is 15.8. The summed E-state index contributed by atoms with van der Waals surface area (Å²) in [5.41, 5.74) is 4.73. The number of rotatable bonds is 5. The third-order valence-corrected chi connectivity index (χ3v) is 4.53. The van der Waals surface area contributed by atoms with E-state index in [9.17, 15) is 14.4 Å². The predicted molar refractivity (Wildman–Crippen MR) is 101 cm³/mol. The molecule has 2 aromatic carbocycles. The molecule has 0 unspecified atom stereocenters. The quantitative estimate of drug-likeness (QED) is 0.444. The average molecular weight is 402 g/mol. The molecular weight excluding hydrogens is 384 g/mol. The van der Waals surface area contributed by atoms with Gasteiger partial charge in [0.1, 0.15) is 6.61 Å². The van der Waals surface area contributed by atoms with Crippen molar-refractivity contribution in [3.63, 3.8) is 0 Å². The van der Waals surface area contributed by atoms with E-state index in [2.05, 4.69) is 10.9 Å². The molecule has 28 heavy (non-hydrogen) atoms. The van der Waals surface area contributed by atoms with Gasteiger partial charge in [-0.1, -0.05) is 12.1 Å². The fraction of sp³-hybridized carbons (Fsp3) is 0.211. The summed E-state index contributed by atoms with van der Waals surface area (Å²) < 4.78 is 15.9. The topological polar surface area (TPSA) is 103 Å². The minimum Gasteiger partial charge on any atom is -0.485 e. The summed E-state index contributed by atoms with van der Waals surface area (Å²) in [5.74, 6) is -0.897. The van der Waals surface area contributed by atoms with Crippen LogP contribution in [0.25, 0.3) is 0 Å². The van der Waals surface area contributed by atoms with Crippen LogP contribution in [0.15, 0.2) is 53.4 Å². The molecule has 8 nitrogen and oxygen atoms in total. The van der Waals surface area contributed by atoms with E-state index >= 15 is 0 Å². The van der Waals surface area contributed by atoms with Gasteiger partial charge in [-0.3, -0.25) is 20.4 Å². The number of carbonyl (C=O) groups is 3. The van der Waals surface area contributed by atoms with Gasteiger partial charge < -0.3 is 14.2 Å². The van der Waals surface area contributed by atoms with E-state index in [0.29, 0.717) is 17.1 Å². The molecule has 1 aliphatic rings. The standard InChI is InChI=1S/C19H18N2O6S/c1-28-13-8-6-12(7-9-13)19(24)26-11-17(22)20-21-18(23)16-10-25-14-4-2-3-5-15(14)27-16/h2-9,16H,10-11H2,1H3,(H,20,22)(H,21,23)/t16-/m1/s1. The smallest absolute Gasteiger partial charge is 0.338 e. The van der Waals surface area contributed by atoms with Gasteiger partial charge in [0, 0.05) is 4.90 Å². The number of hydrazine groups is 1. The van der Waals surface area contributed by atoms with Gasteiger partial charge in [-0.25, -0.2) is 4.79 Å². The Labute approximate surface area is 165 Å². The third-order valence-electron chi connectivity index (χ3n) is 3.79. The minimum absolute atomic E-state index is 0.0136. The average Bonchev–Trinajstić information content (AvgIpc) is 2.75. The Bertz CT molecular complexity index is 871. The van der Waals surface area contributed by atoms with Gasteiger partial charge in [0.25, 0.3) is 11.8 Å². The molecule has 2 N–H and O–H groups in total. The van der Waals surface area contributed by atoms with Crippen molar-refractivity contribution in [2.75, 3.05) is 19.5 Å². The molecule has 0 spiro atoms. The number of hydrogen-bond donors (Lipinski definition) is 2. The summed E-state index contributed by atoms with van der Waals surface area (Å²) >= 11 is 1.55. The minimum atomic E-state index is -0.910.